The fourth-order valence-corrected chi connectivity index (χ4v) is 4.73. The number of hydrogen-bond acceptors (Lipinski definition) is 7. The summed E-state index contributed by atoms with van der Waals surface area (Å²) in [6.45, 7) is 0.0530. The van der Waals surface area contributed by atoms with E-state index in [1.54, 1.807) is 54.7 Å². The number of nitrogens with zero attached hydrogens (tertiary/aromatic N) is 4. The van der Waals surface area contributed by atoms with Crippen molar-refractivity contribution in [3.05, 3.63) is 106 Å². The molecule has 1 atom stereocenters. The second-order valence-electron chi connectivity index (χ2n) is 8.87. The fourth-order valence-electron chi connectivity index (χ4n) is 4.27. The maximum atomic E-state index is 13.8. The van der Waals surface area contributed by atoms with Gasteiger partial charge in [-0.25, -0.2) is 9.97 Å². The summed E-state index contributed by atoms with van der Waals surface area (Å²) in [7, 11) is 1.46. The van der Waals surface area contributed by atoms with E-state index in [1.165, 1.54) is 24.4 Å². The topological polar surface area (TPSA) is 126 Å². The number of hydrogen-bond donors (Lipinski definition) is 2. The average molecular weight is 577 g/mol. The number of amides is 3. The molecular formula is C28H22Cl2N6O4. The molecule has 12 heteroatoms. The van der Waals surface area contributed by atoms with Crippen molar-refractivity contribution in [2.45, 2.75) is 19.0 Å². The molecule has 40 heavy (non-hydrogen) atoms. The van der Waals surface area contributed by atoms with Crippen LogP contribution in [-0.4, -0.2) is 50.7 Å². The maximum absolute atomic E-state index is 13.8. The van der Waals surface area contributed by atoms with E-state index < -0.39 is 11.9 Å². The number of fused-ring (bicyclic) bond motifs is 1. The van der Waals surface area contributed by atoms with E-state index in [9.17, 15) is 14.4 Å². The lowest BCUT2D eigenvalue weighted by Crippen LogP contribution is -2.46. The number of nitrogens with one attached hydrogen (secondary N) is 2. The Morgan fingerprint density at radius 3 is 2.60 bits per heavy atom. The first-order valence-corrected chi connectivity index (χ1v) is 12.8. The predicted molar refractivity (Wildman–Crippen MR) is 150 cm³/mol. The van der Waals surface area contributed by atoms with Gasteiger partial charge in [0, 0.05) is 29.9 Å². The average Bonchev–Trinajstić information content (AvgIpc) is 3.03. The van der Waals surface area contributed by atoms with Gasteiger partial charge in [0.05, 0.1) is 41.3 Å². The molecule has 3 amide bonds. The Kier molecular flexibility index (Phi) is 7.90. The van der Waals surface area contributed by atoms with Crippen LogP contribution < -0.4 is 15.4 Å². The second kappa shape index (κ2) is 11.7. The van der Waals surface area contributed by atoms with Crippen LogP contribution in [0.4, 0.5) is 11.5 Å². The highest BCUT2D eigenvalue weighted by molar-refractivity contribution is 6.34. The largest absolute Gasteiger partial charge is 0.480 e. The molecule has 5 rings (SSSR count). The SMILES string of the molecule is COc1cnc(NC(=O)c2ccc(CN3C(=O)c4ccc(Cl)cc4NC(=O)C3Cc3ccccn3)cc2Cl)cn1. The van der Waals surface area contributed by atoms with E-state index in [1.807, 2.05) is 6.07 Å². The van der Waals surface area contributed by atoms with Crippen molar-refractivity contribution in [2.75, 3.05) is 17.7 Å². The number of carbonyl (C=O) groups excluding carboxylic acids is 3. The van der Waals surface area contributed by atoms with Crippen LogP contribution in [0.1, 0.15) is 32.0 Å². The summed E-state index contributed by atoms with van der Waals surface area (Å²) < 4.78 is 4.97. The van der Waals surface area contributed by atoms with Gasteiger partial charge in [-0.05, 0) is 48.0 Å². The molecule has 0 aliphatic carbocycles. The molecule has 3 heterocycles. The van der Waals surface area contributed by atoms with Gasteiger partial charge in [-0.15, -0.1) is 0 Å². The molecule has 0 saturated heterocycles. The molecule has 2 aromatic heterocycles. The summed E-state index contributed by atoms with van der Waals surface area (Å²) in [6, 6.07) is 14.1. The van der Waals surface area contributed by atoms with Crippen LogP contribution in [0.15, 0.2) is 73.2 Å². The fraction of sp³-hybridized carbons (Fsp3) is 0.143. The zero-order valence-corrected chi connectivity index (χ0v) is 22.6. The Morgan fingerprint density at radius 2 is 1.90 bits per heavy atom. The molecule has 0 spiro atoms. The van der Waals surface area contributed by atoms with Crippen molar-refractivity contribution in [3.8, 4) is 5.88 Å². The van der Waals surface area contributed by atoms with Crippen molar-refractivity contribution in [1.29, 1.82) is 0 Å². The van der Waals surface area contributed by atoms with E-state index in [0.29, 0.717) is 33.4 Å². The van der Waals surface area contributed by atoms with E-state index in [2.05, 4.69) is 25.6 Å². The quantitative estimate of drug-likeness (QED) is 0.328. The van der Waals surface area contributed by atoms with Crippen molar-refractivity contribution in [1.82, 2.24) is 19.9 Å². The molecule has 0 radical (unpaired) electrons. The Morgan fingerprint density at radius 1 is 1.05 bits per heavy atom. The number of rotatable bonds is 7. The molecule has 4 aromatic rings. The van der Waals surface area contributed by atoms with Crippen molar-refractivity contribution in [2.24, 2.45) is 0 Å². The van der Waals surface area contributed by atoms with Gasteiger partial charge >= 0.3 is 0 Å². The lowest BCUT2D eigenvalue weighted by atomic mass is 10.0. The number of ether oxygens (including phenoxy) is 1. The third-order valence-corrected chi connectivity index (χ3v) is 6.80. The smallest absolute Gasteiger partial charge is 0.258 e. The number of anilines is 2. The molecule has 0 saturated carbocycles. The summed E-state index contributed by atoms with van der Waals surface area (Å²) in [4.78, 5) is 53.9. The lowest BCUT2D eigenvalue weighted by molar-refractivity contribution is -0.120. The molecule has 2 N–H and O–H groups in total. The van der Waals surface area contributed by atoms with Gasteiger partial charge in [0.2, 0.25) is 11.8 Å². The van der Waals surface area contributed by atoms with Gasteiger partial charge in [-0.1, -0.05) is 35.3 Å². The predicted octanol–water partition coefficient (Wildman–Crippen LogP) is 4.65. The molecule has 1 unspecified atom stereocenters. The van der Waals surface area contributed by atoms with Gasteiger partial charge in [-0.2, -0.15) is 0 Å². The zero-order chi connectivity index (χ0) is 28.2. The van der Waals surface area contributed by atoms with E-state index in [-0.39, 0.29) is 41.2 Å². The van der Waals surface area contributed by atoms with Crippen molar-refractivity contribution in [3.63, 3.8) is 0 Å². The van der Waals surface area contributed by atoms with Gasteiger partial charge in [0.15, 0.2) is 5.82 Å². The number of halogens is 2. The highest BCUT2D eigenvalue weighted by Gasteiger charge is 2.36. The summed E-state index contributed by atoms with van der Waals surface area (Å²) in [6.07, 6.45) is 4.56. The second-order valence-corrected chi connectivity index (χ2v) is 9.71. The normalized spacial score (nSPS) is 14.7. The molecule has 1 aliphatic rings. The zero-order valence-electron chi connectivity index (χ0n) is 21.1. The lowest BCUT2D eigenvalue weighted by Gasteiger charge is -2.29. The minimum atomic E-state index is -0.871. The third-order valence-electron chi connectivity index (χ3n) is 6.25. The molecule has 202 valence electrons. The minimum Gasteiger partial charge on any atom is -0.480 e. The number of pyridine rings is 1. The van der Waals surface area contributed by atoms with Crippen LogP contribution in [0.5, 0.6) is 5.88 Å². The highest BCUT2D eigenvalue weighted by atomic mass is 35.5. The minimum absolute atomic E-state index is 0.0530. The Labute approximate surface area is 239 Å². The van der Waals surface area contributed by atoms with Crippen molar-refractivity contribution < 1.29 is 19.1 Å². The number of carbonyl (C=O) groups is 3. The molecule has 0 fully saturated rings. The Hall–Kier alpha value is -4.54. The Bertz CT molecular complexity index is 1580. The molecule has 10 nitrogen and oxygen atoms in total. The molecule has 1 aliphatic heterocycles. The van der Waals surface area contributed by atoms with Crippen LogP contribution >= 0.6 is 23.2 Å². The van der Waals surface area contributed by atoms with Gasteiger partial charge < -0.3 is 20.3 Å². The van der Waals surface area contributed by atoms with Crippen molar-refractivity contribution >= 4 is 52.4 Å². The number of aromatic nitrogens is 3. The molecular weight excluding hydrogens is 555 g/mol. The van der Waals surface area contributed by atoms with E-state index in [4.69, 9.17) is 27.9 Å². The van der Waals surface area contributed by atoms with E-state index in [0.717, 1.165) is 0 Å². The summed E-state index contributed by atoms with van der Waals surface area (Å²) >= 11 is 12.6. The van der Waals surface area contributed by atoms with Gasteiger partial charge in [0.25, 0.3) is 11.8 Å². The van der Waals surface area contributed by atoms with Crippen LogP contribution in [0.3, 0.4) is 0 Å². The summed E-state index contributed by atoms with van der Waals surface area (Å²) in [5, 5.41) is 6.02. The molecule has 0 bridgehead atoms. The summed E-state index contributed by atoms with van der Waals surface area (Å²) in [5.41, 5.74) is 2.12. The first-order chi connectivity index (χ1) is 19.3. The van der Waals surface area contributed by atoms with Crippen LogP contribution in [0, 0.1) is 0 Å². The summed E-state index contributed by atoms with van der Waals surface area (Å²) in [5.74, 6) is -0.683. The first-order valence-electron chi connectivity index (χ1n) is 12.1. The maximum Gasteiger partial charge on any atom is 0.258 e. The standard InChI is InChI=1S/C28H22Cl2N6O4/c1-40-25-14-32-24(13-33-25)35-26(37)19-7-5-16(10-21(19)30)15-36-23(12-18-4-2-3-9-31-18)27(38)34-22-11-17(29)6-8-20(22)28(36)39/h2-11,13-14,23H,12,15H2,1H3,(H,34,38)(H,32,35,37). The van der Waals surface area contributed by atoms with Crippen LogP contribution in [0.25, 0.3) is 0 Å². The number of benzene rings is 2. The number of methoxy groups -OCH3 is 1. The van der Waals surface area contributed by atoms with Crippen LogP contribution in [-0.2, 0) is 17.8 Å². The third kappa shape index (κ3) is 5.88. The highest BCUT2D eigenvalue weighted by Crippen LogP contribution is 2.29. The Balaban J connectivity index is 1.42. The van der Waals surface area contributed by atoms with Gasteiger partial charge in [-0.3, -0.25) is 19.4 Å². The van der Waals surface area contributed by atoms with Gasteiger partial charge in [0.1, 0.15) is 6.04 Å². The molecule has 2 aromatic carbocycles. The first kappa shape index (κ1) is 27.0. The van der Waals surface area contributed by atoms with Crippen LogP contribution in [0.2, 0.25) is 10.0 Å². The van der Waals surface area contributed by atoms with E-state index >= 15 is 0 Å². The monoisotopic (exact) mass is 576 g/mol.